The van der Waals surface area contributed by atoms with Crippen molar-refractivity contribution in [3.05, 3.63) is 0 Å². The van der Waals surface area contributed by atoms with Crippen LogP contribution in [0.3, 0.4) is 0 Å². The molecule has 0 saturated carbocycles. The molecule has 0 amide bonds. The van der Waals surface area contributed by atoms with E-state index in [4.69, 9.17) is 9.47 Å². The Morgan fingerprint density at radius 3 is 1.17 bits per heavy atom. The molecule has 6 heteroatoms. The average Bonchev–Trinajstić information content (AvgIpc) is 3.15. The molecule has 6 nitrogen and oxygen atoms in total. The van der Waals surface area contributed by atoms with Gasteiger partial charge in [0.25, 0.3) is 0 Å². The SMILES string of the molecule is CCCCCCCCC(CCCCCC)C(=O)OCCCCC(CCCCOC(=O)C(CCCCCC)CCCCCCCC)CN(C)CCCCO. The van der Waals surface area contributed by atoms with E-state index < -0.39 is 0 Å². The number of hydrogen-bond acceptors (Lipinski definition) is 6. The van der Waals surface area contributed by atoms with Gasteiger partial charge in [-0.25, -0.2) is 0 Å². The molecule has 0 aromatic carbocycles. The maximum Gasteiger partial charge on any atom is 0.308 e. The molecule has 1 N–H and O–H groups in total. The van der Waals surface area contributed by atoms with Crippen molar-refractivity contribution in [2.45, 2.75) is 233 Å². The van der Waals surface area contributed by atoms with Crippen LogP contribution in [0.25, 0.3) is 0 Å². The molecule has 0 saturated heterocycles. The number of carbonyl (C=O) groups excluding carboxylic acids is 2. The number of rotatable bonds is 42. The predicted octanol–water partition coefficient (Wildman–Crippen LogP) is 13.4. The van der Waals surface area contributed by atoms with Crippen LogP contribution in [-0.4, -0.2) is 61.9 Å². The van der Waals surface area contributed by atoms with Gasteiger partial charge >= 0.3 is 11.9 Å². The van der Waals surface area contributed by atoms with Gasteiger partial charge in [0.1, 0.15) is 0 Å². The number of carbonyl (C=O) groups is 2. The third-order valence-corrected chi connectivity index (χ3v) is 11.3. The smallest absolute Gasteiger partial charge is 0.308 e. The standard InChI is InChI=1S/C47H93NO5/c1-6-10-14-18-20-24-36-44(34-22-16-12-8-3)46(50)52-40-30-26-32-43(42-48(5)38-28-29-39-49)33-27-31-41-53-47(51)45(35-23-17-13-9-4)37-25-21-19-15-11-7-2/h43-45,49H,6-42H2,1-5H3. The van der Waals surface area contributed by atoms with Crippen molar-refractivity contribution >= 4 is 11.9 Å². The van der Waals surface area contributed by atoms with Gasteiger partial charge in [-0.05, 0) is 96.6 Å². The molecule has 0 rings (SSSR count). The van der Waals surface area contributed by atoms with Gasteiger partial charge in [-0.2, -0.15) is 0 Å². The second-order valence-corrected chi connectivity index (χ2v) is 16.6. The van der Waals surface area contributed by atoms with E-state index in [1.807, 2.05) is 0 Å². The van der Waals surface area contributed by atoms with Gasteiger partial charge < -0.3 is 19.5 Å². The number of unbranched alkanes of at least 4 members (excludes halogenated alkanes) is 19. The van der Waals surface area contributed by atoms with E-state index in [-0.39, 0.29) is 30.4 Å². The van der Waals surface area contributed by atoms with E-state index in [9.17, 15) is 14.7 Å². The second-order valence-electron chi connectivity index (χ2n) is 16.6. The molecule has 316 valence electrons. The van der Waals surface area contributed by atoms with E-state index in [1.54, 1.807) is 0 Å². The minimum absolute atomic E-state index is 0.0416. The summed E-state index contributed by atoms with van der Waals surface area (Å²) < 4.78 is 11.8. The topological polar surface area (TPSA) is 76.1 Å². The lowest BCUT2D eigenvalue weighted by atomic mass is 9.94. The van der Waals surface area contributed by atoms with Crippen LogP contribution in [0.2, 0.25) is 0 Å². The Hall–Kier alpha value is -1.14. The first-order valence-electron chi connectivity index (χ1n) is 23.6. The van der Waals surface area contributed by atoms with Crippen LogP contribution in [-0.2, 0) is 19.1 Å². The first-order chi connectivity index (χ1) is 25.9. The van der Waals surface area contributed by atoms with E-state index in [1.165, 1.54) is 103 Å². The van der Waals surface area contributed by atoms with Crippen molar-refractivity contribution in [2.75, 3.05) is 40.0 Å². The molecule has 0 spiro atoms. The average molecular weight is 752 g/mol. The number of aliphatic hydroxyl groups is 1. The van der Waals surface area contributed by atoms with E-state index in [0.29, 0.717) is 19.1 Å². The molecule has 0 fully saturated rings. The molecular weight excluding hydrogens is 659 g/mol. The van der Waals surface area contributed by atoms with Crippen LogP contribution >= 0.6 is 0 Å². The molecule has 0 radical (unpaired) electrons. The largest absolute Gasteiger partial charge is 0.465 e. The summed E-state index contributed by atoms with van der Waals surface area (Å²) in [6.07, 6.45) is 36.8. The molecule has 0 heterocycles. The maximum atomic E-state index is 13.1. The fourth-order valence-corrected chi connectivity index (χ4v) is 7.74. The highest BCUT2D eigenvalue weighted by molar-refractivity contribution is 5.72. The Morgan fingerprint density at radius 1 is 0.453 bits per heavy atom. The molecule has 0 bridgehead atoms. The third kappa shape index (κ3) is 33.9. The Balaban J connectivity index is 4.81. The molecule has 2 unspecified atom stereocenters. The lowest BCUT2D eigenvalue weighted by Crippen LogP contribution is -2.27. The Morgan fingerprint density at radius 2 is 0.792 bits per heavy atom. The zero-order valence-electron chi connectivity index (χ0n) is 36.4. The van der Waals surface area contributed by atoms with Crippen LogP contribution in [0, 0.1) is 17.8 Å². The van der Waals surface area contributed by atoms with Crippen molar-refractivity contribution in [3.8, 4) is 0 Å². The minimum atomic E-state index is 0.0416. The normalized spacial score (nSPS) is 13.3. The van der Waals surface area contributed by atoms with Gasteiger partial charge in [-0.3, -0.25) is 9.59 Å². The summed E-state index contributed by atoms with van der Waals surface area (Å²) in [4.78, 5) is 28.7. The fraction of sp³-hybridized carbons (Fsp3) is 0.957. The van der Waals surface area contributed by atoms with E-state index >= 15 is 0 Å². The first kappa shape index (κ1) is 51.9. The van der Waals surface area contributed by atoms with Gasteiger partial charge in [-0.15, -0.1) is 0 Å². The lowest BCUT2D eigenvalue weighted by molar-refractivity contribution is -0.150. The Kier molecular flexibility index (Phi) is 39.6. The monoisotopic (exact) mass is 752 g/mol. The zero-order chi connectivity index (χ0) is 39.0. The van der Waals surface area contributed by atoms with Gasteiger partial charge in [-0.1, -0.05) is 156 Å². The zero-order valence-corrected chi connectivity index (χ0v) is 36.4. The van der Waals surface area contributed by atoms with Crippen molar-refractivity contribution in [3.63, 3.8) is 0 Å². The highest BCUT2D eigenvalue weighted by atomic mass is 16.5. The maximum absolute atomic E-state index is 13.1. The van der Waals surface area contributed by atoms with Crippen molar-refractivity contribution in [1.82, 2.24) is 4.90 Å². The molecule has 0 aliphatic rings. The highest BCUT2D eigenvalue weighted by Gasteiger charge is 2.21. The lowest BCUT2D eigenvalue weighted by Gasteiger charge is -2.24. The van der Waals surface area contributed by atoms with E-state index in [2.05, 4.69) is 39.6 Å². The van der Waals surface area contributed by atoms with Gasteiger partial charge in [0.05, 0.1) is 25.0 Å². The van der Waals surface area contributed by atoms with Gasteiger partial charge in [0, 0.05) is 13.2 Å². The molecule has 0 aromatic heterocycles. The van der Waals surface area contributed by atoms with Crippen molar-refractivity contribution < 1.29 is 24.2 Å². The highest BCUT2D eigenvalue weighted by Crippen LogP contribution is 2.23. The second kappa shape index (κ2) is 40.5. The number of nitrogens with zero attached hydrogens (tertiary/aromatic N) is 1. The summed E-state index contributed by atoms with van der Waals surface area (Å²) in [6, 6.07) is 0. The molecule has 0 aliphatic heterocycles. The summed E-state index contributed by atoms with van der Waals surface area (Å²) in [5.41, 5.74) is 0. The quantitative estimate of drug-likeness (QED) is 0.0494. The van der Waals surface area contributed by atoms with Crippen LogP contribution in [0.1, 0.15) is 233 Å². The number of hydrogen-bond donors (Lipinski definition) is 1. The summed E-state index contributed by atoms with van der Waals surface area (Å²) in [6.45, 7) is 12.4. The predicted molar refractivity (Wildman–Crippen MR) is 227 cm³/mol. The first-order valence-corrected chi connectivity index (χ1v) is 23.6. The van der Waals surface area contributed by atoms with E-state index in [0.717, 1.165) is 116 Å². The number of esters is 2. The Labute approximate surface area is 331 Å². The molecule has 0 aliphatic carbocycles. The minimum Gasteiger partial charge on any atom is -0.465 e. The summed E-state index contributed by atoms with van der Waals surface area (Å²) in [5.74, 6) is 0.789. The molecule has 53 heavy (non-hydrogen) atoms. The third-order valence-electron chi connectivity index (χ3n) is 11.3. The van der Waals surface area contributed by atoms with Gasteiger partial charge in [0.15, 0.2) is 0 Å². The van der Waals surface area contributed by atoms with Crippen LogP contribution in [0.5, 0.6) is 0 Å². The molecule has 0 aromatic rings. The van der Waals surface area contributed by atoms with Crippen molar-refractivity contribution in [2.24, 2.45) is 17.8 Å². The Bertz CT molecular complexity index is 722. The van der Waals surface area contributed by atoms with Crippen LogP contribution in [0.4, 0.5) is 0 Å². The van der Waals surface area contributed by atoms with Crippen LogP contribution in [0.15, 0.2) is 0 Å². The molecule has 2 atom stereocenters. The number of ether oxygens (including phenoxy) is 2. The van der Waals surface area contributed by atoms with Crippen molar-refractivity contribution in [1.29, 1.82) is 0 Å². The fourth-order valence-electron chi connectivity index (χ4n) is 7.74. The summed E-state index contributed by atoms with van der Waals surface area (Å²) in [5, 5.41) is 9.24. The molecular formula is C47H93NO5. The van der Waals surface area contributed by atoms with Gasteiger partial charge in [0.2, 0.25) is 0 Å². The summed E-state index contributed by atoms with van der Waals surface area (Å²) in [7, 11) is 2.20. The number of aliphatic hydroxyl groups excluding tert-OH is 1. The van der Waals surface area contributed by atoms with Crippen LogP contribution < -0.4 is 0 Å². The summed E-state index contributed by atoms with van der Waals surface area (Å²) >= 11 is 0.